The molecule has 0 N–H and O–H groups in total. The van der Waals surface area contributed by atoms with Crippen LogP contribution in [0.15, 0.2) is 36.4 Å². The Balaban J connectivity index is 2.43. The number of hydrogen-bond donors (Lipinski definition) is 0. The first-order chi connectivity index (χ1) is 9.67. The second-order valence-corrected chi connectivity index (χ2v) is 4.59. The standard InChI is InChI=1S/C17H18F2O/c1-3-5-6-7-12-10-13-8-9-15(20-4-2)17(19)16(13)14(18)11-12/h3,5,8-11H,4,6-7H2,1-2H3. The van der Waals surface area contributed by atoms with Crippen LogP contribution < -0.4 is 4.74 Å². The second-order valence-electron chi connectivity index (χ2n) is 4.59. The number of fused-ring (bicyclic) bond motifs is 1. The van der Waals surface area contributed by atoms with Gasteiger partial charge in [-0.25, -0.2) is 8.78 Å². The lowest BCUT2D eigenvalue weighted by molar-refractivity contribution is 0.323. The summed E-state index contributed by atoms with van der Waals surface area (Å²) in [4.78, 5) is 0. The van der Waals surface area contributed by atoms with Gasteiger partial charge in [-0.05, 0) is 49.8 Å². The molecule has 0 spiro atoms. The smallest absolute Gasteiger partial charge is 0.175 e. The monoisotopic (exact) mass is 276 g/mol. The van der Waals surface area contributed by atoms with Crippen molar-refractivity contribution < 1.29 is 13.5 Å². The van der Waals surface area contributed by atoms with Gasteiger partial charge < -0.3 is 4.74 Å². The van der Waals surface area contributed by atoms with Crippen molar-refractivity contribution in [3.05, 3.63) is 53.6 Å². The summed E-state index contributed by atoms with van der Waals surface area (Å²) in [5.74, 6) is -1.06. The maximum Gasteiger partial charge on any atom is 0.175 e. The van der Waals surface area contributed by atoms with E-state index in [4.69, 9.17) is 4.74 Å². The van der Waals surface area contributed by atoms with Gasteiger partial charge in [-0.1, -0.05) is 24.3 Å². The summed E-state index contributed by atoms with van der Waals surface area (Å²) in [5.41, 5.74) is 0.872. The third-order valence-corrected chi connectivity index (χ3v) is 3.17. The third kappa shape index (κ3) is 2.98. The van der Waals surface area contributed by atoms with E-state index in [1.54, 1.807) is 19.1 Å². The van der Waals surface area contributed by atoms with Gasteiger partial charge in [0.15, 0.2) is 11.6 Å². The number of benzene rings is 2. The Hall–Kier alpha value is -1.90. The van der Waals surface area contributed by atoms with Crippen LogP contribution in [0.1, 0.15) is 25.8 Å². The number of hydrogen-bond acceptors (Lipinski definition) is 1. The molecule has 0 amide bonds. The van der Waals surface area contributed by atoms with Crippen LogP contribution >= 0.6 is 0 Å². The molecular weight excluding hydrogens is 258 g/mol. The van der Waals surface area contributed by atoms with E-state index in [1.165, 1.54) is 6.07 Å². The molecule has 0 saturated heterocycles. The lowest BCUT2D eigenvalue weighted by Crippen LogP contribution is -1.97. The van der Waals surface area contributed by atoms with Crippen LogP contribution in [0.2, 0.25) is 0 Å². The molecule has 0 aliphatic heterocycles. The zero-order chi connectivity index (χ0) is 14.5. The maximum absolute atomic E-state index is 14.2. The zero-order valence-electron chi connectivity index (χ0n) is 11.7. The minimum atomic E-state index is -0.623. The molecule has 0 atom stereocenters. The number of rotatable bonds is 5. The zero-order valence-corrected chi connectivity index (χ0v) is 11.7. The average Bonchev–Trinajstić information content (AvgIpc) is 2.42. The normalized spacial score (nSPS) is 11.4. The van der Waals surface area contributed by atoms with E-state index in [2.05, 4.69) is 0 Å². The molecule has 0 heterocycles. The number of aryl methyl sites for hydroxylation is 1. The maximum atomic E-state index is 14.2. The van der Waals surface area contributed by atoms with Gasteiger partial charge in [0.05, 0.1) is 12.0 Å². The predicted octanol–water partition coefficient (Wildman–Crippen LogP) is 5.03. The average molecular weight is 276 g/mol. The largest absolute Gasteiger partial charge is 0.491 e. The first kappa shape index (κ1) is 14.5. The minimum Gasteiger partial charge on any atom is -0.491 e. The van der Waals surface area contributed by atoms with Crippen molar-refractivity contribution in [2.24, 2.45) is 0 Å². The summed E-state index contributed by atoms with van der Waals surface area (Å²) in [6.45, 7) is 4.07. The fraction of sp³-hybridized carbons (Fsp3) is 0.294. The summed E-state index contributed by atoms with van der Waals surface area (Å²) in [5, 5.41) is 0.576. The van der Waals surface area contributed by atoms with E-state index < -0.39 is 11.6 Å². The lowest BCUT2D eigenvalue weighted by atomic mass is 10.0. The van der Waals surface area contributed by atoms with E-state index in [1.807, 2.05) is 25.1 Å². The molecule has 0 aliphatic rings. The predicted molar refractivity (Wildman–Crippen MR) is 78.2 cm³/mol. The van der Waals surface area contributed by atoms with Gasteiger partial charge in [-0.2, -0.15) is 0 Å². The van der Waals surface area contributed by atoms with Crippen LogP contribution in [0.5, 0.6) is 5.75 Å². The summed E-state index contributed by atoms with van der Waals surface area (Å²) < 4.78 is 33.5. The second kappa shape index (κ2) is 6.51. The first-order valence-corrected chi connectivity index (χ1v) is 6.82. The topological polar surface area (TPSA) is 9.23 Å². The van der Waals surface area contributed by atoms with Crippen molar-refractivity contribution >= 4 is 10.8 Å². The Morgan fingerprint density at radius 3 is 2.70 bits per heavy atom. The summed E-state index contributed by atoms with van der Waals surface area (Å²) in [6.07, 6.45) is 5.58. The summed E-state index contributed by atoms with van der Waals surface area (Å²) >= 11 is 0. The molecule has 0 aromatic heterocycles. The molecule has 0 radical (unpaired) electrons. The van der Waals surface area contributed by atoms with Crippen LogP contribution in [0.3, 0.4) is 0 Å². The molecule has 106 valence electrons. The van der Waals surface area contributed by atoms with Crippen molar-refractivity contribution in [2.45, 2.75) is 26.7 Å². The third-order valence-electron chi connectivity index (χ3n) is 3.17. The van der Waals surface area contributed by atoms with E-state index in [9.17, 15) is 8.78 Å². The summed E-state index contributed by atoms with van der Waals surface area (Å²) in [7, 11) is 0. The van der Waals surface area contributed by atoms with Crippen LogP contribution in [0.25, 0.3) is 10.8 Å². The van der Waals surface area contributed by atoms with Crippen molar-refractivity contribution in [1.29, 1.82) is 0 Å². The Labute approximate surface area is 117 Å². The molecule has 0 bridgehead atoms. The SMILES string of the molecule is CC=CCCc1cc(F)c2c(F)c(OCC)ccc2c1. The van der Waals surface area contributed by atoms with Gasteiger partial charge in [0.2, 0.25) is 0 Å². The van der Waals surface area contributed by atoms with Crippen LogP contribution in [-0.2, 0) is 6.42 Å². The highest BCUT2D eigenvalue weighted by molar-refractivity contribution is 5.86. The van der Waals surface area contributed by atoms with Crippen molar-refractivity contribution in [1.82, 2.24) is 0 Å². The fourth-order valence-corrected chi connectivity index (χ4v) is 2.24. The highest BCUT2D eigenvalue weighted by Gasteiger charge is 2.13. The highest BCUT2D eigenvalue weighted by Crippen LogP contribution is 2.29. The number of halogens is 2. The Kier molecular flexibility index (Phi) is 4.72. The summed E-state index contributed by atoms with van der Waals surface area (Å²) in [6, 6.07) is 6.49. The van der Waals surface area contributed by atoms with Crippen molar-refractivity contribution in [3.63, 3.8) is 0 Å². The molecule has 0 aliphatic carbocycles. The molecule has 2 rings (SSSR count). The highest BCUT2D eigenvalue weighted by atomic mass is 19.1. The van der Waals surface area contributed by atoms with Gasteiger partial charge in [-0.15, -0.1) is 0 Å². The molecule has 0 saturated carbocycles. The molecular formula is C17H18F2O. The van der Waals surface area contributed by atoms with Gasteiger partial charge in [0.1, 0.15) is 5.82 Å². The van der Waals surface area contributed by atoms with E-state index >= 15 is 0 Å². The van der Waals surface area contributed by atoms with Gasteiger partial charge in [-0.3, -0.25) is 0 Å². The lowest BCUT2D eigenvalue weighted by Gasteiger charge is -2.09. The fourth-order valence-electron chi connectivity index (χ4n) is 2.24. The van der Waals surface area contributed by atoms with E-state index in [-0.39, 0.29) is 11.1 Å². The Morgan fingerprint density at radius 1 is 1.20 bits per heavy atom. The molecule has 3 heteroatoms. The molecule has 20 heavy (non-hydrogen) atoms. The van der Waals surface area contributed by atoms with E-state index in [0.717, 1.165) is 18.4 Å². The van der Waals surface area contributed by atoms with Crippen LogP contribution in [0.4, 0.5) is 8.78 Å². The molecule has 0 fully saturated rings. The van der Waals surface area contributed by atoms with Crippen molar-refractivity contribution in [3.8, 4) is 5.75 Å². The molecule has 2 aromatic carbocycles. The quantitative estimate of drug-likeness (QED) is 0.696. The van der Waals surface area contributed by atoms with Gasteiger partial charge >= 0.3 is 0 Å². The first-order valence-electron chi connectivity index (χ1n) is 6.82. The van der Waals surface area contributed by atoms with E-state index in [0.29, 0.717) is 12.0 Å². The Morgan fingerprint density at radius 2 is 2.00 bits per heavy atom. The molecule has 2 aromatic rings. The van der Waals surface area contributed by atoms with Crippen LogP contribution in [0, 0.1) is 11.6 Å². The van der Waals surface area contributed by atoms with Gasteiger partial charge in [0.25, 0.3) is 0 Å². The minimum absolute atomic E-state index is 0.00531. The number of ether oxygens (including phenoxy) is 1. The Bertz CT molecular complexity index is 632. The molecule has 0 unspecified atom stereocenters. The molecule has 1 nitrogen and oxygen atoms in total. The van der Waals surface area contributed by atoms with Gasteiger partial charge in [0, 0.05) is 0 Å². The van der Waals surface area contributed by atoms with Crippen molar-refractivity contribution in [2.75, 3.05) is 6.61 Å². The number of allylic oxidation sites excluding steroid dienone is 2. The van der Waals surface area contributed by atoms with Crippen LogP contribution in [-0.4, -0.2) is 6.61 Å².